The summed E-state index contributed by atoms with van der Waals surface area (Å²) in [5, 5.41) is 0. The summed E-state index contributed by atoms with van der Waals surface area (Å²) >= 11 is 0. The largest absolute Gasteiger partial charge is 0.347 e. The van der Waals surface area contributed by atoms with Gasteiger partial charge in [0.25, 0.3) is 0 Å². The summed E-state index contributed by atoms with van der Waals surface area (Å²) in [5.74, 6) is -0.681. The Balaban J connectivity index is 1.53. The number of benzene rings is 1. The molecule has 1 saturated carbocycles. The number of piperidine rings is 1. The number of likely N-dealkylation sites (tertiary alicyclic amines) is 1. The van der Waals surface area contributed by atoms with Crippen LogP contribution in [0.1, 0.15) is 37.7 Å². The number of hydrogen-bond acceptors (Lipinski definition) is 3. The fourth-order valence-corrected chi connectivity index (χ4v) is 4.12. The standard InChI is InChI=1S/C18H22FNO3/c19-15-5-2-1-4-14(15)17(6-3-7-17)16(21)20-10-8-18(9-11-20)22-12-13-23-18/h1-2,4-5H,3,6-13H2. The molecule has 1 aliphatic carbocycles. The number of hydrogen-bond donors (Lipinski definition) is 0. The molecule has 0 radical (unpaired) electrons. The van der Waals surface area contributed by atoms with Crippen molar-refractivity contribution in [1.29, 1.82) is 0 Å². The maximum Gasteiger partial charge on any atom is 0.233 e. The lowest BCUT2D eigenvalue weighted by Gasteiger charge is -2.46. The number of ether oxygens (including phenoxy) is 2. The van der Waals surface area contributed by atoms with Crippen LogP contribution in [-0.2, 0) is 19.7 Å². The molecule has 2 aliphatic heterocycles. The van der Waals surface area contributed by atoms with Crippen LogP contribution < -0.4 is 0 Å². The van der Waals surface area contributed by atoms with Crippen molar-refractivity contribution in [3.8, 4) is 0 Å². The summed E-state index contributed by atoms with van der Waals surface area (Å²) < 4.78 is 25.7. The van der Waals surface area contributed by atoms with E-state index in [0.717, 1.165) is 19.3 Å². The normalized spacial score (nSPS) is 25.3. The average Bonchev–Trinajstić information content (AvgIpc) is 2.97. The second-order valence-corrected chi connectivity index (χ2v) is 6.82. The molecule has 23 heavy (non-hydrogen) atoms. The lowest BCUT2D eigenvalue weighted by molar-refractivity contribution is -0.189. The van der Waals surface area contributed by atoms with Gasteiger partial charge in [-0.15, -0.1) is 0 Å². The van der Waals surface area contributed by atoms with Crippen LogP contribution in [0.25, 0.3) is 0 Å². The van der Waals surface area contributed by atoms with Crippen LogP contribution in [0, 0.1) is 5.82 Å². The first-order chi connectivity index (χ1) is 11.2. The van der Waals surface area contributed by atoms with Gasteiger partial charge in [0.2, 0.25) is 5.91 Å². The number of carbonyl (C=O) groups is 1. The summed E-state index contributed by atoms with van der Waals surface area (Å²) in [6, 6.07) is 6.71. The molecule has 5 heteroatoms. The Morgan fingerprint density at radius 1 is 1.04 bits per heavy atom. The van der Waals surface area contributed by atoms with E-state index in [9.17, 15) is 9.18 Å². The Morgan fingerprint density at radius 2 is 1.70 bits per heavy atom. The van der Waals surface area contributed by atoms with Gasteiger partial charge in [0, 0.05) is 31.5 Å². The summed E-state index contributed by atoms with van der Waals surface area (Å²) in [6.45, 7) is 2.50. The molecular formula is C18H22FNO3. The molecule has 4 rings (SSSR count). The van der Waals surface area contributed by atoms with Gasteiger partial charge >= 0.3 is 0 Å². The van der Waals surface area contributed by atoms with Crippen LogP contribution in [-0.4, -0.2) is 42.9 Å². The van der Waals surface area contributed by atoms with Crippen molar-refractivity contribution in [1.82, 2.24) is 4.90 Å². The molecule has 3 fully saturated rings. The maximum atomic E-state index is 14.3. The van der Waals surface area contributed by atoms with Crippen molar-refractivity contribution in [3.63, 3.8) is 0 Å². The Kier molecular flexibility index (Phi) is 3.65. The molecular weight excluding hydrogens is 297 g/mol. The van der Waals surface area contributed by atoms with E-state index in [4.69, 9.17) is 9.47 Å². The van der Waals surface area contributed by atoms with Gasteiger partial charge in [-0.2, -0.15) is 0 Å². The molecule has 124 valence electrons. The molecule has 0 atom stereocenters. The molecule has 0 bridgehead atoms. The lowest BCUT2D eigenvalue weighted by Crippen LogP contribution is -2.55. The molecule has 0 unspecified atom stereocenters. The van der Waals surface area contributed by atoms with Crippen molar-refractivity contribution >= 4 is 5.91 Å². The minimum absolute atomic E-state index is 0.0710. The summed E-state index contributed by atoms with van der Waals surface area (Å²) in [7, 11) is 0. The van der Waals surface area contributed by atoms with E-state index in [1.807, 2.05) is 11.0 Å². The highest BCUT2D eigenvalue weighted by molar-refractivity contribution is 5.89. The molecule has 2 heterocycles. The smallest absolute Gasteiger partial charge is 0.233 e. The van der Waals surface area contributed by atoms with Gasteiger partial charge < -0.3 is 14.4 Å². The third-order valence-electron chi connectivity index (χ3n) is 5.63. The first-order valence-corrected chi connectivity index (χ1v) is 8.48. The molecule has 0 aromatic heterocycles. The number of amides is 1. The maximum absolute atomic E-state index is 14.3. The Bertz CT molecular complexity index is 598. The first kappa shape index (κ1) is 15.1. The Labute approximate surface area is 135 Å². The highest BCUT2D eigenvalue weighted by Gasteiger charge is 2.51. The Morgan fingerprint density at radius 3 is 2.26 bits per heavy atom. The Hall–Kier alpha value is -1.46. The van der Waals surface area contributed by atoms with Crippen LogP contribution >= 0.6 is 0 Å². The first-order valence-electron chi connectivity index (χ1n) is 8.48. The van der Waals surface area contributed by atoms with Crippen LogP contribution in [0.4, 0.5) is 4.39 Å². The van der Waals surface area contributed by atoms with Gasteiger partial charge in [-0.1, -0.05) is 24.6 Å². The number of rotatable bonds is 2. The molecule has 1 spiro atoms. The lowest BCUT2D eigenvalue weighted by atomic mass is 9.63. The second-order valence-electron chi connectivity index (χ2n) is 6.82. The molecule has 4 nitrogen and oxygen atoms in total. The van der Waals surface area contributed by atoms with Crippen molar-refractivity contribution in [2.24, 2.45) is 0 Å². The third-order valence-corrected chi connectivity index (χ3v) is 5.63. The van der Waals surface area contributed by atoms with Gasteiger partial charge in [-0.05, 0) is 18.9 Å². The number of carbonyl (C=O) groups excluding carboxylic acids is 1. The average molecular weight is 319 g/mol. The van der Waals surface area contributed by atoms with E-state index >= 15 is 0 Å². The number of halogens is 1. The SMILES string of the molecule is O=C(N1CCC2(CC1)OCCO2)C1(c2ccccc2F)CCC1. The van der Waals surface area contributed by atoms with E-state index in [1.165, 1.54) is 6.07 Å². The highest BCUT2D eigenvalue weighted by atomic mass is 19.1. The minimum Gasteiger partial charge on any atom is -0.347 e. The van der Waals surface area contributed by atoms with E-state index in [-0.39, 0.29) is 11.7 Å². The van der Waals surface area contributed by atoms with Gasteiger partial charge in [-0.25, -0.2) is 4.39 Å². The van der Waals surface area contributed by atoms with Crippen molar-refractivity contribution in [2.75, 3.05) is 26.3 Å². The summed E-state index contributed by atoms with van der Waals surface area (Å²) in [4.78, 5) is 15.0. The molecule has 3 aliphatic rings. The van der Waals surface area contributed by atoms with Gasteiger partial charge in [-0.3, -0.25) is 4.79 Å². The van der Waals surface area contributed by atoms with Gasteiger partial charge in [0.05, 0.1) is 18.6 Å². The summed E-state index contributed by atoms with van der Waals surface area (Å²) in [5.41, 5.74) is -0.0994. The zero-order valence-electron chi connectivity index (χ0n) is 13.2. The monoisotopic (exact) mass is 319 g/mol. The zero-order valence-corrected chi connectivity index (χ0v) is 13.2. The molecule has 1 aromatic rings. The third kappa shape index (κ3) is 2.37. The molecule has 0 N–H and O–H groups in total. The number of nitrogens with zero attached hydrogens (tertiary/aromatic N) is 1. The second kappa shape index (κ2) is 5.56. The fraction of sp³-hybridized carbons (Fsp3) is 0.611. The quantitative estimate of drug-likeness (QED) is 0.841. The van der Waals surface area contributed by atoms with Crippen molar-refractivity contribution in [3.05, 3.63) is 35.6 Å². The molecule has 1 aromatic carbocycles. The van der Waals surface area contributed by atoms with E-state index in [0.29, 0.717) is 44.7 Å². The fourth-order valence-electron chi connectivity index (χ4n) is 4.12. The molecule has 1 amide bonds. The van der Waals surface area contributed by atoms with Gasteiger partial charge in [0.1, 0.15) is 5.82 Å². The predicted octanol–water partition coefficient (Wildman–Crippen LogP) is 2.61. The minimum atomic E-state index is -0.659. The summed E-state index contributed by atoms with van der Waals surface area (Å²) in [6.07, 6.45) is 3.85. The van der Waals surface area contributed by atoms with Crippen LogP contribution in [0.15, 0.2) is 24.3 Å². The zero-order chi connectivity index (χ0) is 15.9. The van der Waals surface area contributed by atoms with Crippen LogP contribution in [0.5, 0.6) is 0 Å². The van der Waals surface area contributed by atoms with Crippen LogP contribution in [0.2, 0.25) is 0 Å². The van der Waals surface area contributed by atoms with Crippen molar-refractivity contribution < 1.29 is 18.7 Å². The van der Waals surface area contributed by atoms with Crippen molar-refractivity contribution in [2.45, 2.75) is 43.3 Å². The van der Waals surface area contributed by atoms with E-state index in [1.54, 1.807) is 12.1 Å². The van der Waals surface area contributed by atoms with E-state index in [2.05, 4.69) is 0 Å². The topological polar surface area (TPSA) is 38.8 Å². The van der Waals surface area contributed by atoms with Crippen LogP contribution in [0.3, 0.4) is 0 Å². The van der Waals surface area contributed by atoms with Gasteiger partial charge in [0.15, 0.2) is 5.79 Å². The van der Waals surface area contributed by atoms with E-state index < -0.39 is 11.2 Å². The predicted molar refractivity (Wildman–Crippen MR) is 82.4 cm³/mol. The molecule has 2 saturated heterocycles. The highest BCUT2D eigenvalue weighted by Crippen LogP contribution is 2.47.